The summed E-state index contributed by atoms with van der Waals surface area (Å²) in [5.74, 6) is -1.40. The summed E-state index contributed by atoms with van der Waals surface area (Å²) in [6.07, 6.45) is 2.97. The van der Waals surface area contributed by atoms with E-state index in [0.29, 0.717) is 31.0 Å². The maximum Gasteiger partial charge on any atom is 0.306 e. The van der Waals surface area contributed by atoms with Gasteiger partial charge in [0.05, 0.1) is 0 Å². The molecule has 0 aliphatic rings. The maximum atomic E-state index is 12.3. The number of carbonyl (C=O) groups excluding carboxylic acids is 3. The van der Waals surface area contributed by atoms with Gasteiger partial charge in [-0.1, -0.05) is 20.3 Å². The third kappa shape index (κ3) is 6.21. The quantitative estimate of drug-likeness (QED) is 0.238. The first-order chi connectivity index (χ1) is 13.0. The highest BCUT2D eigenvalue weighted by molar-refractivity contribution is 6.47. The molecule has 7 nitrogen and oxygen atoms in total. The summed E-state index contributed by atoms with van der Waals surface area (Å²) in [7, 11) is 0. The molecule has 0 amide bonds. The van der Waals surface area contributed by atoms with E-state index in [1.807, 2.05) is 6.92 Å². The van der Waals surface area contributed by atoms with Crippen LogP contribution in [-0.2, 0) is 27.5 Å². The minimum Gasteiger partial charge on any atom is -0.457 e. The molecule has 0 aliphatic heterocycles. The number of unbranched alkanes of at least 4 members (excludes halogenated alkanes) is 1. The predicted octanol–water partition coefficient (Wildman–Crippen LogP) is 4.10. The van der Waals surface area contributed by atoms with Crippen LogP contribution in [0.4, 0.5) is 0 Å². The van der Waals surface area contributed by atoms with Gasteiger partial charge in [0.25, 0.3) is 11.6 Å². The van der Waals surface area contributed by atoms with Gasteiger partial charge < -0.3 is 18.3 Å². The average molecular weight is 376 g/mol. The summed E-state index contributed by atoms with van der Waals surface area (Å²) in [6, 6.07) is 5.91. The fourth-order valence-corrected chi connectivity index (χ4v) is 2.23. The molecular formula is C20H24O7. The molecule has 0 aliphatic carbocycles. The second kappa shape index (κ2) is 10.5. The fourth-order valence-electron chi connectivity index (χ4n) is 2.23. The Morgan fingerprint density at radius 3 is 2.00 bits per heavy atom. The van der Waals surface area contributed by atoms with Crippen LogP contribution < -0.4 is 0 Å². The molecule has 2 rings (SSSR count). The van der Waals surface area contributed by atoms with Crippen LogP contribution in [0.1, 0.15) is 72.2 Å². The second-order valence-corrected chi connectivity index (χ2v) is 6.01. The van der Waals surface area contributed by atoms with Crippen molar-refractivity contribution in [2.45, 2.75) is 52.7 Å². The first kappa shape index (κ1) is 20.6. The fraction of sp³-hybridized carbons (Fsp3) is 0.450. The predicted molar refractivity (Wildman–Crippen MR) is 95.3 cm³/mol. The zero-order chi connectivity index (χ0) is 19.6. The van der Waals surface area contributed by atoms with Crippen molar-refractivity contribution in [3.63, 3.8) is 0 Å². The molecule has 0 unspecified atom stereocenters. The van der Waals surface area contributed by atoms with Gasteiger partial charge in [0, 0.05) is 13.0 Å². The van der Waals surface area contributed by atoms with Crippen LogP contribution in [0.5, 0.6) is 0 Å². The van der Waals surface area contributed by atoms with Gasteiger partial charge in [-0.15, -0.1) is 0 Å². The zero-order valence-corrected chi connectivity index (χ0v) is 15.6. The first-order valence-electron chi connectivity index (χ1n) is 9.05. The Morgan fingerprint density at radius 2 is 1.44 bits per heavy atom. The lowest BCUT2D eigenvalue weighted by atomic mass is 10.2. The van der Waals surface area contributed by atoms with Crippen LogP contribution >= 0.6 is 0 Å². The van der Waals surface area contributed by atoms with Gasteiger partial charge in [-0.05, 0) is 37.1 Å². The Hall–Kier alpha value is -2.67. The van der Waals surface area contributed by atoms with Gasteiger partial charge in [-0.3, -0.25) is 14.4 Å². The molecule has 27 heavy (non-hydrogen) atoms. The SMILES string of the molecule is CCCCOCc1ccc(C(=O)C(=O)c2ccc(COC(=O)CCC)o2)o1. The minimum atomic E-state index is -0.825. The minimum absolute atomic E-state index is 0.0681. The Balaban J connectivity index is 1.90. The monoisotopic (exact) mass is 376 g/mol. The highest BCUT2D eigenvalue weighted by atomic mass is 16.5. The number of hydrogen-bond donors (Lipinski definition) is 0. The van der Waals surface area contributed by atoms with Crippen LogP contribution in [0.25, 0.3) is 0 Å². The van der Waals surface area contributed by atoms with Crippen LogP contribution in [0.2, 0.25) is 0 Å². The van der Waals surface area contributed by atoms with E-state index < -0.39 is 11.6 Å². The third-order valence-electron chi connectivity index (χ3n) is 3.69. The van der Waals surface area contributed by atoms with E-state index in [9.17, 15) is 14.4 Å². The maximum absolute atomic E-state index is 12.3. The average Bonchev–Trinajstić information content (AvgIpc) is 3.32. The van der Waals surface area contributed by atoms with Crippen LogP contribution in [-0.4, -0.2) is 24.1 Å². The number of esters is 1. The lowest BCUT2D eigenvalue weighted by molar-refractivity contribution is -0.145. The van der Waals surface area contributed by atoms with Crippen molar-refractivity contribution < 1.29 is 32.7 Å². The summed E-state index contributed by atoms with van der Waals surface area (Å²) in [5, 5.41) is 0. The molecule has 0 atom stereocenters. The number of rotatable bonds is 12. The largest absolute Gasteiger partial charge is 0.457 e. The van der Waals surface area contributed by atoms with Crippen molar-refractivity contribution >= 4 is 17.5 Å². The smallest absolute Gasteiger partial charge is 0.306 e. The molecule has 7 heteroatoms. The number of hydrogen-bond acceptors (Lipinski definition) is 7. The van der Waals surface area contributed by atoms with Crippen molar-refractivity contribution in [1.29, 1.82) is 0 Å². The molecule has 0 aromatic carbocycles. The summed E-state index contributed by atoms with van der Waals surface area (Å²) in [6.45, 7) is 4.70. The Morgan fingerprint density at radius 1 is 0.852 bits per heavy atom. The standard InChI is InChI=1S/C20H24O7/c1-3-5-11-24-12-14-7-9-16(26-14)19(22)20(23)17-10-8-15(27-17)13-25-18(21)6-4-2/h7-10H,3-6,11-13H2,1-2H3. The molecule has 0 spiro atoms. The molecule has 0 radical (unpaired) electrons. The van der Waals surface area contributed by atoms with Crippen molar-refractivity contribution in [1.82, 2.24) is 0 Å². The van der Waals surface area contributed by atoms with Gasteiger partial charge in [0.15, 0.2) is 11.5 Å². The summed E-state index contributed by atoms with van der Waals surface area (Å²) in [5.41, 5.74) is 0. The molecule has 0 saturated heterocycles. The highest BCUT2D eigenvalue weighted by Crippen LogP contribution is 2.16. The van der Waals surface area contributed by atoms with E-state index >= 15 is 0 Å². The Kier molecular flexibility index (Phi) is 8.00. The number of Topliss-reactive ketones (excluding diaryl/α,β-unsaturated/α-hetero) is 2. The first-order valence-corrected chi connectivity index (χ1v) is 9.05. The zero-order valence-electron chi connectivity index (χ0n) is 15.6. The van der Waals surface area contributed by atoms with Gasteiger partial charge in [-0.2, -0.15) is 0 Å². The van der Waals surface area contributed by atoms with Crippen molar-refractivity contribution in [3.8, 4) is 0 Å². The third-order valence-corrected chi connectivity index (χ3v) is 3.69. The number of ketones is 2. The van der Waals surface area contributed by atoms with Gasteiger partial charge in [-0.25, -0.2) is 0 Å². The van der Waals surface area contributed by atoms with E-state index in [4.69, 9.17) is 18.3 Å². The van der Waals surface area contributed by atoms with Gasteiger partial charge in [0.2, 0.25) is 0 Å². The normalized spacial score (nSPS) is 10.7. The van der Waals surface area contributed by atoms with E-state index in [1.165, 1.54) is 18.2 Å². The van der Waals surface area contributed by atoms with Crippen molar-refractivity contribution in [2.75, 3.05) is 6.61 Å². The van der Waals surface area contributed by atoms with Gasteiger partial charge in [0.1, 0.15) is 24.7 Å². The molecule has 2 aromatic rings. The van der Waals surface area contributed by atoms with E-state index in [0.717, 1.165) is 12.8 Å². The number of ether oxygens (including phenoxy) is 2. The molecule has 0 bridgehead atoms. The van der Waals surface area contributed by atoms with E-state index in [1.54, 1.807) is 6.07 Å². The molecule has 0 fully saturated rings. The summed E-state index contributed by atoms with van der Waals surface area (Å²) < 4.78 is 21.1. The van der Waals surface area contributed by atoms with E-state index in [-0.39, 0.29) is 30.7 Å². The van der Waals surface area contributed by atoms with Gasteiger partial charge >= 0.3 is 5.97 Å². The van der Waals surface area contributed by atoms with Crippen molar-refractivity contribution in [2.24, 2.45) is 0 Å². The summed E-state index contributed by atoms with van der Waals surface area (Å²) >= 11 is 0. The molecule has 146 valence electrons. The van der Waals surface area contributed by atoms with Crippen LogP contribution in [0, 0.1) is 0 Å². The van der Waals surface area contributed by atoms with E-state index in [2.05, 4.69) is 6.92 Å². The number of carbonyl (C=O) groups is 3. The molecular weight excluding hydrogens is 352 g/mol. The summed E-state index contributed by atoms with van der Waals surface area (Å²) in [4.78, 5) is 35.9. The Bertz CT molecular complexity index is 769. The second-order valence-electron chi connectivity index (χ2n) is 6.01. The lowest BCUT2D eigenvalue weighted by Crippen LogP contribution is -2.13. The lowest BCUT2D eigenvalue weighted by Gasteiger charge is -2.01. The molecule has 0 saturated carbocycles. The molecule has 2 aromatic heterocycles. The number of furan rings is 2. The Labute approximate surface area is 157 Å². The molecule has 2 heterocycles. The topological polar surface area (TPSA) is 96.0 Å². The molecule has 0 N–H and O–H groups in total. The highest BCUT2D eigenvalue weighted by Gasteiger charge is 2.25. The van der Waals surface area contributed by atoms with Crippen molar-refractivity contribution in [3.05, 3.63) is 47.3 Å². The van der Waals surface area contributed by atoms with Crippen LogP contribution in [0.3, 0.4) is 0 Å². The van der Waals surface area contributed by atoms with Crippen LogP contribution in [0.15, 0.2) is 33.1 Å².